The fourth-order valence-electron chi connectivity index (χ4n) is 3.48. The number of hydrogen-bond acceptors (Lipinski definition) is 4. The van der Waals surface area contributed by atoms with E-state index in [9.17, 15) is 9.59 Å². The lowest BCUT2D eigenvalue weighted by Gasteiger charge is -2.26. The van der Waals surface area contributed by atoms with Gasteiger partial charge < -0.3 is 9.47 Å². The zero-order valence-electron chi connectivity index (χ0n) is 18.1. The van der Waals surface area contributed by atoms with E-state index < -0.39 is 0 Å². The van der Waals surface area contributed by atoms with E-state index >= 15 is 0 Å². The van der Waals surface area contributed by atoms with Crippen molar-refractivity contribution in [3.8, 4) is 0 Å². The van der Waals surface area contributed by atoms with Gasteiger partial charge in [-0.1, -0.05) is 66.7 Å². The molecule has 0 aromatic carbocycles. The van der Waals surface area contributed by atoms with Crippen LogP contribution in [-0.4, -0.2) is 25.2 Å². The van der Waals surface area contributed by atoms with E-state index in [0.29, 0.717) is 30.8 Å². The monoisotopic (exact) mass is 380 g/mol. The highest BCUT2D eigenvalue weighted by Crippen LogP contribution is 2.34. The van der Waals surface area contributed by atoms with E-state index in [1.165, 1.54) is 6.42 Å². The van der Waals surface area contributed by atoms with Crippen LogP contribution in [0.25, 0.3) is 0 Å². The minimum Gasteiger partial charge on any atom is -0.462 e. The molecule has 0 saturated heterocycles. The topological polar surface area (TPSA) is 52.6 Å². The Hall–Kier alpha value is -1.32. The molecule has 4 heteroatoms. The molecule has 156 valence electrons. The molecule has 4 nitrogen and oxygen atoms in total. The molecule has 0 spiro atoms. The first-order valence-electron chi connectivity index (χ1n) is 10.9. The Morgan fingerprint density at radius 1 is 0.852 bits per heavy atom. The molecule has 0 bridgehead atoms. The number of hydrogen-bond donors (Lipinski definition) is 0. The molecule has 1 rings (SSSR count). The number of rotatable bonds is 11. The van der Waals surface area contributed by atoms with Crippen LogP contribution in [0.3, 0.4) is 0 Å². The summed E-state index contributed by atoms with van der Waals surface area (Å²) in [5.41, 5.74) is 1.19. The van der Waals surface area contributed by atoms with Gasteiger partial charge in [-0.25, -0.2) is 9.59 Å². The van der Waals surface area contributed by atoms with Gasteiger partial charge in [-0.05, 0) is 43.4 Å². The van der Waals surface area contributed by atoms with Crippen molar-refractivity contribution in [3.05, 3.63) is 11.1 Å². The number of carbonyl (C=O) groups is 2. The molecule has 0 atom stereocenters. The van der Waals surface area contributed by atoms with Gasteiger partial charge in [0.2, 0.25) is 0 Å². The highest BCUT2D eigenvalue weighted by molar-refractivity contribution is 6.00. The quantitative estimate of drug-likeness (QED) is 0.257. The normalized spacial score (nSPS) is 16.4. The van der Waals surface area contributed by atoms with Crippen molar-refractivity contribution in [3.63, 3.8) is 0 Å². The van der Waals surface area contributed by atoms with Crippen LogP contribution in [-0.2, 0) is 19.1 Å². The lowest BCUT2D eigenvalue weighted by Crippen LogP contribution is -2.25. The average molecular weight is 381 g/mol. The molecule has 0 aromatic rings. The fourth-order valence-corrected chi connectivity index (χ4v) is 3.48. The molecule has 1 fully saturated rings. The molecule has 0 radical (unpaired) electrons. The van der Waals surface area contributed by atoms with Gasteiger partial charge in [-0.15, -0.1) is 0 Å². The van der Waals surface area contributed by atoms with Crippen LogP contribution in [0.5, 0.6) is 0 Å². The van der Waals surface area contributed by atoms with Crippen LogP contribution >= 0.6 is 0 Å². The maximum Gasteiger partial charge on any atom is 0.334 e. The summed E-state index contributed by atoms with van der Waals surface area (Å²) in [6, 6.07) is 0. The number of unbranched alkanes of at least 4 members (excludes halogenated alkanes) is 2. The molecule has 0 N–H and O–H groups in total. The summed E-state index contributed by atoms with van der Waals surface area (Å²) in [7, 11) is 0. The van der Waals surface area contributed by atoms with Gasteiger partial charge in [0.25, 0.3) is 0 Å². The van der Waals surface area contributed by atoms with Gasteiger partial charge in [0.15, 0.2) is 0 Å². The highest BCUT2D eigenvalue weighted by atomic mass is 16.5. The molecule has 1 aliphatic rings. The number of carbonyl (C=O) groups excluding carboxylic acids is 2. The summed E-state index contributed by atoms with van der Waals surface area (Å²) in [5.74, 6) is 0.0574. The Labute approximate surface area is 166 Å². The summed E-state index contributed by atoms with van der Waals surface area (Å²) in [5, 5.41) is 0. The Kier molecular flexibility index (Phi) is 11.4. The van der Waals surface area contributed by atoms with Gasteiger partial charge >= 0.3 is 11.9 Å². The van der Waals surface area contributed by atoms with Crippen molar-refractivity contribution in [2.75, 3.05) is 13.2 Å². The maximum atomic E-state index is 13.0. The zero-order chi connectivity index (χ0) is 20.2. The van der Waals surface area contributed by atoms with E-state index in [-0.39, 0.29) is 29.7 Å². The lowest BCUT2D eigenvalue weighted by molar-refractivity contribution is -0.144. The van der Waals surface area contributed by atoms with E-state index in [1.807, 2.05) is 27.7 Å². The van der Waals surface area contributed by atoms with Crippen molar-refractivity contribution in [2.24, 2.45) is 17.8 Å². The Morgan fingerprint density at radius 2 is 1.41 bits per heavy atom. The third-order valence-corrected chi connectivity index (χ3v) is 4.93. The van der Waals surface area contributed by atoms with E-state index in [1.54, 1.807) is 0 Å². The first-order valence-corrected chi connectivity index (χ1v) is 10.9. The van der Waals surface area contributed by atoms with Crippen LogP contribution < -0.4 is 0 Å². The van der Waals surface area contributed by atoms with Crippen molar-refractivity contribution in [2.45, 2.75) is 92.4 Å². The molecular weight excluding hydrogens is 340 g/mol. The Morgan fingerprint density at radius 3 is 1.93 bits per heavy atom. The van der Waals surface area contributed by atoms with Crippen molar-refractivity contribution in [1.29, 1.82) is 0 Å². The van der Waals surface area contributed by atoms with Crippen LogP contribution in [0.1, 0.15) is 92.4 Å². The lowest BCUT2D eigenvalue weighted by atomic mass is 9.80. The Bertz CT molecular complexity index is 485. The third kappa shape index (κ3) is 8.94. The smallest absolute Gasteiger partial charge is 0.334 e. The second-order valence-corrected chi connectivity index (χ2v) is 8.67. The average Bonchev–Trinajstić information content (AvgIpc) is 2.64. The molecular formula is C23H40O4. The predicted molar refractivity (Wildman–Crippen MR) is 109 cm³/mol. The molecule has 1 aliphatic carbocycles. The standard InChI is InChI=1S/C23H40O4/c1-6-7-9-14-20(22(24)26-15-17(2)3)21(19-12-10-8-11-13-19)23(25)27-16-18(4)5/h17-19H,6-16H2,1-5H3. The second-order valence-electron chi connectivity index (χ2n) is 8.67. The molecule has 0 unspecified atom stereocenters. The van der Waals surface area contributed by atoms with E-state index in [4.69, 9.17) is 9.47 Å². The van der Waals surface area contributed by atoms with Gasteiger partial charge in [0.05, 0.1) is 18.8 Å². The molecule has 0 amide bonds. The summed E-state index contributed by atoms with van der Waals surface area (Å²) >= 11 is 0. The van der Waals surface area contributed by atoms with Gasteiger partial charge in [-0.2, -0.15) is 0 Å². The van der Waals surface area contributed by atoms with Crippen LogP contribution in [0, 0.1) is 17.8 Å². The molecule has 0 aliphatic heterocycles. The third-order valence-electron chi connectivity index (χ3n) is 4.93. The summed E-state index contributed by atoms with van der Waals surface area (Å²) in [6.07, 6.45) is 8.95. The summed E-state index contributed by atoms with van der Waals surface area (Å²) in [4.78, 5) is 25.9. The van der Waals surface area contributed by atoms with Gasteiger partial charge in [0, 0.05) is 5.57 Å². The fraction of sp³-hybridized carbons (Fsp3) is 0.826. The minimum absolute atomic E-state index is 0.127. The van der Waals surface area contributed by atoms with E-state index in [0.717, 1.165) is 44.9 Å². The summed E-state index contributed by atoms with van der Waals surface area (Å²) in [6.45, 7) is 11.0. The van der Waals surface area contributed by atoms with Crippen LogP contribution in [0.4, 0.5) is 0 Å². The van der Waals surface area contributed by atoms with Crippen LogP contribution in [0.15, 0.2) is 11.1 Å². The van der Waals surface area contributed by atoms with E-state index in [2.05, 4.69) is 6.92 Å². The SMILES string of the molecule is CCCCCC(C(=O)OCC(C)C)=C(C(=O)OCC(C)C)C1CCCCC1. The predicted octanol–water partition coefficient (Wildman–Crippen LogP) is 5.84. The summed E-state index contributed by atoms with van der Waals surface area (Å²) < 4.78 is 11.1. The van der Waals surface area contributed by atoms with Gasteiger partial charge in [-0.3, -0.25) is 0 Å². The molecule has 0 heterocycles. The minimum atomic E-state index is -0.318. The first-order chi connectivity index (χ1) is 12.9. The Balaban J connectivity index is 3.15. The number of ether oxygens (including phenoxy) is 2. The highest BCUT2D eigenvalue weighted by Gasteiger charge is 2.31. The zero-order valence-corrected chi connectivity index (χ0v) is 18.1. The maximum absolute atomic E-state index is 13.0. The molecule has 27 heavy (non-hydrogen) atoms. The molecule has 1 saturated carbocycles. The molecule has 0 aromatic heterocycles. The number of esters is 2. The second kappa shape index (κ2) is 13.0. The van der Waals surface area contributed by atoms with Crippen LogP contribution in [0.2, 0.25) is 0 Å². The van der Waals surface area contributed by atoms with Crippen molar-refractivity contribution >= 4 is 11.9 Å². The first kappa shape index (κ1) is 23.7. The van der Waals surface area contributed by atoms with Crippen molar-refractivity contribution in [1.82, 2.24) is 0 Å². The largest absolute Gasteiger partial charge is 0.462 e. The van der Waals surface area contributed by atoms with Gasteiger partial charge in [0.1, 0.15) is 0 Å². The van der Waals surface area contributed by atoms with Crippen molar-refractivity contribution < 1.29 is 19.1 Å².